The highest BCUT2D eigenvalue weighted by molar-refractivity contribution is 9.10. The molecule has 7 nitrogen and oxygen atoms in total. The van der Waals surface area contributed by atoms with E-state index in [1.165, 1.54) is 12.3 Å². The number of hydrogen-bond acceptors (Lipinski definition) is 4. The van der Waals surface area contributed by atoms with Crippen LogP contribution in [0.25, 0.3) is 5.69 Å². The highest BCUT2D eigenvalue weighted by Gasteiger charge is 2.32. The van der Waals surface area contributed by atoms with E-state index in [4.69, 9.17) is 0 Å². The summed E-state index contributed by atoms with van der Waals surface area (Å²) in [5.41, 5.74) is 4.40. The van der Waals surface area contributed by atoms with E-state index in [-0.39, 0.29) is 5.69 Å². The zero-order valence-electron chi connectivity index (χ0n) is 19.0. The first-order valence-electron chi connectivity index (χ1n) is 10.2. The number of hydrazone groups is 1. The molecule has 0 saturated carbocycles. The van der Waals surface area contributed by atoms with E-state index in [1.807, 2.05) is 48.7 Å². The number of aryl methyl sites for hydroxylation is 1. The number of nitrogens with one attached hydrogen (secondary N) is 1. The quantitative estimate of drug-likeness (QED) is 0.327. The number of amides is 1. The monoisotopic (exact) mass is 570 g/mol. The van der Waals surface area contributed by atoms with Crippen LogP contribution < -0.4 is 9.73 Å². The fourth-order valence-corrected chi connectivity index (χ4v) is 4.60. The Morgan fingerprint density at radius 1 is 1.14 bits per heavy atom. The molecule has 0 bridgehead atoms. The Hall–Kier alpha value is -3.12. The Kier molecular flexibility index (Phi) is 7.75. The highest BCUT2D eigenvalue weighted by Crippen LogP contribution is 2.32. The van der Waals surface area contributed by atoms with Gasteiger partial charge in [0.15, 0.2) is 0 Å². The number of sulfonamides is 1. The van der Waals surface area contributed by atoms with Gasteiger partial charge in [-0.25, -0.2) is 13.8 Å². The van der Waals surface area contributed by atoms with E-state index in [2.05, 4.69) is 26.5 Å². The molecule has 0 radical (unpaired) electrons. The van der Waals surface area contributed by atoms with Crippen molar-refractivity contribution < 1.29 is 26.4 Å². The number of alkyl halides is 3. The molecule has 3 aromatic rings. The Bertz CT molecular complexity index is 1370. The van der Waals surface area contributed by atoms with Crippen LogP contribution in [0.3, 0.4) is 0 Å². The summed E-state index contributed by atoms with van der Waals surface area (Å²) in [5, 5.41) is 3.90. The van der Waals surface area contributed by atoms with Crippen molar-refractivity contribution in [3.63, 3.8) is 0 Å². The minimum absolute atomic E-state index is 0.278. The molecule has 0 fully saturated rings. The number of hydrogen-bond donors (Lipinski definition) is 1. The van der Waals surface area contributed by atoms with Gasteiger partial charge in [-0.2, -0.15) is 18.3 Å². The predicted molar refractivity (Wildman–Crippen MR) is 132 cm³/mol. The maximum absolute atomic E-state index is 13.0. The van der Waals surface area contributed by atoms with Gasteiger partial charge in [-0.05, 0) is 62.4 Å². The highest BCUT2D eigenvalue weighted by atomic mass is 79.9. The molecule has 1 amide bonds. The average molecular weight is 571 g/mol. The van der Waals surface area contributed by atoms with Crippen LogP contribution in [0.1, 0.15) is 22.5 Å². The van der Waals surface area contributed by atoms with E-state index in [9.17, 15) is 26.4 Å². The maximum atomic E-state index is 13.0. The van der Waals surface area contributed by atoms with Crippen LogP contribution in [-0.4, -0.2) is 37.9 Å². The second kappa shape index (κ2) is 10.2. The molecule has 0 unspecified atom stereocenters. The van der Waals surface area contributed by atoms with Crippen LogP contribution in [0.15, 0.2) is 64.2 Å². The summed E-state index contributed by atoms with van der Waals surface area (Å²) >= 11 is 3.40. The number of anilines is 1. The van der Waals surface area contributed by atoms with Gasteiger partial charge in [-0.3, -0.25) is 9.10 Å². The Morgan fingerprint density at radius 3 is 2.40 bits per heavy atom. The molecule has 12 heteroatoms. The number of rotatable bonds is 7. The van der Waals surface area contributed by atoms with Crippen LogP contribution in [0.2, 0.25) is 0 Å². The summed E-state index contributed by atoms with van der Waals surface area (Å²) in [7, 11) is -4.05. The second-order valence-corrected chi connectivity index (χ2v) is 10.6. The molecule has 0 aliphatic heterocycles. The van der Waals surface area contributed by atoms with Crippen molar-refractivity contribution in [2.75, 3.05) is 17.1 Å². The van der Waals surface area contributed by atoms with Crippen LogP contribution in [0.4, 0.5) is 18.9 Å². The van der Waals surface area contributed by atoms with Crippen molar-refractivity contribution >= 4 is 43.8 Å². The molecule has 1 aromatic heterocycles. The zero-order valence-corrected chi connectivity index (χ0v) is 21.4. The minimum atomic E-state index is -4.66. The number of aromatic nitrogens is 1. The smallest absolute Gasteiger partial charge is 0.318 e. The molecule has 0 saturated heterocycles. The minimum Gasteiger partial charge on any atom is -0.318 e. The van der Waals surface area contributed by atoms with Gasteiger partial charge in [-0.15, -0.1) is 0 Å². The molecule has 1 N–H and O–H groups in total. The average Bonchev–Trinajstić information content (AvgIpc) is 3.04. The van der Waals surface area contributed by atoms with Crippen molar-refractivity contribution in [3.05, 3.63) is 81.6 Å². The van der Waals surface area contributed by atoms with Gasteiger partial charge in [0.05, 0.1) is 23.7 Å². The third-order valence-corrected chi connectivity index (χ3v) is 6.77. The van der Waals surface area contributed by atoms with Crippen LogP contribution >= 0.6 is 15.9 Å². The van der Waals surface area contributed by atoms with E-state index < -0.39 is 34.2 Å². The summed E-state index contributed by atoms with van der Waals surface area (Å²) in [4.78, 5) is 12.4. The van der Waals surface area contributed by atoms with E-state index in [1.54, 1.807) is 0 Å². The third-order valence-electron chi connectivity index (χ3n) is 5.10. The third kappa shape index (κ3) is 6.51. The first kappa shape index (κ1) is 26.5. The first-order valence-corrected chi connectivity index (χ1v) is 12.8. The summed E-state index contributed by atoms with van der Waals surface area (Å²) in [6.45, 7) is 3.07. The van der Waals surface area contributed by atoms with Crippen molar-refractivity contribution in [2.24, 2.45) is 5.10 Å². The van der Waals surface area contributed by atoms with E-state index in [0.717, 1.165) is 45.5 Å². The standard InChI is InChI=1S/C23H22BrF3N4O3S/c1-15-11-17(16(2)31(15)20-9-7-19(24)8-10-20)13-28-29-22(32)14-30(35(3,33)34)21-6-4-5-18(12-21)23(25,26)27/h4-13H,14H2,1-3H3,(H,29,32)/b28-13-. The Balaban J connectivity index is 1.76. The van der Waals surface area contributed by atoms with E-state index in [0.29, 0.717) is 10.4 Å². The zero-order chi connectivity index (χ0) is 26.0. The topological polar surface area (TPSA) is 83.8 Å². The molecule has 2 aromatic carbocycles. The lowest BCUT2D eigenvalue weighted by Gasteiger charge is -2.22. The Morgan fingerprint density at radius 2 is 1.80 bits per heavy atom. The lowest BCUT2D eigenvalue weighted by Crippen LogP contribution is -2.39. The summed E-state index contributed by atoms with van der Waals surface area (Å²) in [6.07, 6.45) is -2.43. The molecule has 3 rings (SSSR count). The van der Waals surface area contributed by atoms with Gasteiger partial charge in [0.2, 0.25) is 10.0 Å². The predicted octanol–water partition coefficient (Wildman–Crippen LogP) is 4.79. The second-order valence-electron chi connectivity index (χ2n) is 7.75. The van der Waals surface area contributed by atoms with E-state index >= 15 is 0 Å². The Labute approximate surface area is 209 Å². The van der Waals surface area contributed by atoms with Gasteiger partial charge in [-0.1, -0.05) is 22.0 Å². The van der Waals surface area contributed by atoms with Crippen LogP contribution in [0, 0.1) is 13.8 Å². The number of nitrogens with zero attached hydrogens (tertiary/aromatic N) is 3. The van der Waals surface area contributed by atoms with Crippen LogP contribution in [0.5, 0.6) is 0 Å². The SMILES string of the molecule is Cc1cc(/C=N\NC(=O)CN(c2cccc(C(F)(F)F)c2)S(C)(=O)=O)c(C)n1-c1ccc(Br)cc1. The first-order chi connectivity index (χ1) is 16.3. The maximum Gasteiger partial charge on any atom is 0.416 e. The molecule has 0 aliphatic carbocycles. The summed E-state index contributed by atoms with van der Waals surface area (Å²) < 4.78 is 67.0. The fourth-order valence-electron chi connectivity index (χ4n) is 3.48. The van der Waals surface area contributed by atoms with Crippen molar-refractivity contribution in [1.82, 2.24) is 9.99 Å². The number of benzene rings is 2. The van der Waals surface area contributed by atoms with Gasteiger partial charge in [0.1, 0.15) is 6.54 Å². The number of carbonyl (C=O) groups is 1. The molecular weight excluding hydrogens is 549 g/mol. The molecule has 186 valence electrons. The molecule has 0 atom stereocenters. The normalized spacial score (nSPS) is 12.2. The largest absolute Gasteiger partial charge is 0.416 e. The van der Waals surface area contributed by atoms with Crippen molar-refractivity contribution in [3.8, 4) is 5.69 Å². The number of halogens is 4. The van der Waals surface area contributed by atoms with Gasteiger partial charge in [0, 0.05) is 27.1 Å². The number of carbonyl (C=O) groups excluding carboxylic acids is 1. The van der Waals surface area contributed by atoms with Crippen molar-refractivity contribution in [2.45, 2.75) is 20.0 Å². The van der Waals surface area contributed by atoms with Gasteiger partial charge >= 0.3 is 6.18 Å². The van der Waals surface area contributed by atoms with Gasteiger partial charge < -0.3 is 4.57 Å². The molecular formula is C23H22BrF3N4O3S. The molecule has 1 heterocycles. The molecule has 0 spiro atoms. The lowest BCUT2D eigenvalue weighted by atomic mass is 10.2. The molecule has 0 aliphatic rings. The fraction of sp³-hybridized carbons (Fsp3) is 0.217. The lowest BCUT2D eigenvalue weighted by molar-refractivity contribution is -0.137. The molecule has 35 heavy (non-hydrogen) atoms. The summed E-state index contributed by atoms with van der Waals surface area (Å²) in [5.74, 6) is -0.814. The summed E-state index contributed by atoms with van der Waals surface area (Å²) in [6, 6.07) is 13.4. The van der Waals surface area contributed by atoms with Crippen LogP contribution in [-0.2, 0) is 21.0 Å². The van der Waals surface area contributed by atoms with Crippen molar-refractivity contribution in [1.29, 1.82) is 0 Å². The van der Waals surface area contributed by atoms with Gasteiger partial charge in [0.25, 0.3) is 5.91 Å².